The van der Waals surface area contributed by atoms with E-state index in [1.807, 2.05) is 24.4 Å². The molecule has 0 aliphatic carbocycles. The van der Waals surface area contributed by atoms with E-state index < -0.39 is 0 Å². The van der Waals surface area contributed by atoms with Crippen molar-refractivity contribution >= 4 is 16.9 Å². The zero-order valence-electron chi connectivity index (χ0n) is 11.6. The average Bonchev–Trinajstić information content (AvgIpc) is 2.92. The molecule has 0 unspecified atom stereocenters. The van der Waals surface area contributed by atoms with E-state index in [1.165, 1.54) is 11.1 Å². The van der Waals surface area contributed by atoms with Crippen LogP contribution in [0.1, 0.15) is 22.7 Å². The van der Waals surface area contributed by atoms with Crippen LogP contribution < -0.4 is 10.1 Å². The van der Waals surface area contributed by atoms with E-state index in [2.05, 4.69) is 28.5 Å². The molecule has 1 aliphatic rings. The molecule has 1 N–H and O–H groups in total. The highest BCUT2D eigenvalue weighted by molar-refractivity contribution is 7.09. The van der Waals surface area contributed by atoms with Gasteiger partial charge >= 0.3 is 0 Å². The summed E-state index contributed by atoms with van der Waals surface area (Å²) in [6.07, 6.45) is 3.36. The molecular weight excluding hydrogens is 268 g/mol. The van der Waals surface area contributed by atoms with E-state index in [0.29, 0.717) is 6.61 Å². The van der Waals surface area contributed by atoms with Crippen molar-refractivity contribution in [2.24, 2.45) is 0 Å². The summed E-state index contributed by atoms with van der Waals surface area (Å²) in [6.45, 7) is 4.58. The quantitative estimate of drug-likeness (QED) is 0.935. The molecule has 4 heteroatoms. The van der Waals surface area contributed by atoms with Gasteiger partial charge in [0.15, 0.2) is 0 Å². The van der Waals surface area contributed by atoms with Crippen LogP contribution >= 0.6 is 11.3 Å². The lowest BCUT2D eigenvalue weighted by Crippen LogP contribution is -2.19. The highest BCUT2D eigenvalue weighted by Crippen LogP contribution is 2.23. The Morgan fingerprint density at radius 2 is 2.15 bits per heavy atom. The van der Waals surface area contributed by atoms with E-state index in [1.54, 1.807) is 11.3 Å². The first-order valence-corrected chi connectivity index (χ1v) is 7.73. The molecule has 2 aromatic rings. The molecule has 0 fully saturated rings. The van der Waals surface area contributed by atoms with Crippen molar-refractivity contribution in [3.63, 3.8) is 0 Å². The molecule has 0 saturated carbocycles. The van der Waals surface area contributed by atoms with Crippen molar-refractivity contribution in [3.05, 3.63) is 52.0 Å². The van der Waals surface area contributed by atoms with Gasteiger partial charge in [-0.15, -0.1) is 11.3 Å². The molecule has 3 rings (SSSR count). The summed E-state index contributed by atoms with van der Waals surface area (Å²) in [6, 6.07) is 8.35. The van der Waals surface area contributed by atoms with Gasteiger partial charge in [-0.05, 0) is 43.2 Å². The van der Waals surface area contributed by atoms with Crippen molar-refractivity contribution < 1.29 is 4.74 Å². The average molecular weight is 286 g/mol. The molecule has 2 heterocycles. The lowest BCUT2D eigenvalue weighted by molar-refractivity contribution is 0.302. The lowest BCUT2D eigenvalue weighted by atomic mass is 10.0. The molecule has 0 spiro atoms. The molecule has 1 aromatic heterocycles. The Labute approximate surface area is 123 Å². The summed E-state index contributed by atoms with van der Waals surface area (Å²) in [5.41, 5.74) is 3.71. The first-order chi connectivity index (χ1) is 9.81. The maximum absolute atomic E-state index is 5.76. The van der Waals surface area contributed by atoms with Crippen LogP contribution in [0.2, 0.25) is 0 Å². The van der Waals surface area contributed by atoms with E-state index in [0.717, 1.165) is 36.0 Å². The van der Waals surface area contributed by atoms with E-state index in [9.17, 15) is 0 Å². The van der Waals surface area contributed by atoms with Crippen LogP contribution in [0.5, 0.6) is 5.75 Å². The monoisotopic (exact) mass is 286 g/mol. The number of thiazole rings is 1. The van der Waals surface area contributed by atoms with Gasteiger partial charge in [-0.1, -0.05) is 18.2 Å². The third-order valence-corrected chi connectivity index (χ3v) is 4.16. The molecule has 0 saturated heterocycles. The third kappa shape index (κ3) is 3.26. The van der Waals surface area contributed by atoms with Gasteiger partial charge in [-0.2, -0.15) is 0 Å². The van der Waals surface area contributed by atoms with E-state index >= 15 is 0 Å². The summed E-state index contributed by atoms with van der Waals surface area (Å²) < 4.78 is 5.76. The van der Waals surface area contributed by atoms with Crippen molar-refractivity contribution in [2.75, 3.05) is 13.1 Å². The molecule has 20 heavy (non-hydrogen) atoms. The fourth-order valence-electron chi connectivity index (χ4n) is 2.28. The Kier molecular flexibility index (Phi) is 4.14. The van der Waals surface area contributed by atoms with Crippen LogP contribution in [0, 0.1) is 6.92 Å². The molecule has 0 amide bonds. The zero-order chi connectivity index (χ0) is 13.8. The smallest absolute Gasteiger partial charge is 0.131 e. The maximum Gasteiger partial charge on any atom is 0.131 e. The van der Waals surface area contributed by atoms with Gasteiger partial charge in [0.2, 0.25) is 0 Å². The lowest BCUT2D eigenvalue weighted by Gasteiger charge is -2.14. The summed E-state index contributed by atoms with van der Waals surface area (Å²) in [5.74, 6) is 0.897. The van der Waals surface area contributed by atoms with Gasteiger partial charge in [0.1, 0.15) is 12.4 Å². The van der Waals surface area contributed by atoms with Gasteiger partial charge < -0.3 is 10.1 Å². The number of hydrogen-bond donors (Lipinski definition) is 1. The van der Waals surface area contributed by atoms with Crippen molar-refractivity contribution in [1.29, 1.82) is 0 Å². The predicted molar refractivity (Wildman–Crippen MR) is 83.1 cm³/mol. The standard InChI is InChI=1S/C16H18N2OS/c1-12-18-15(11-20-12)10-19-16-4-2-13(3-5-16)14-6-8-17-9-7-14/h2-6,11,17H,7-10H2,1H3. The topological polar surface area (TPSA) is 34.1 Å². The zero-order valence-corrected chi connectivity index (χ0v) is 12.4. The summed E-state index contributed by atoms with van der Waals surface area (Å²) >= 11 is 1.66. The van der Waals surface area contributed by atoms with Gasteiger partial charge in [0.25, 0.3) is 0 Å². The SMILES string of the molecule is Cc1nc(COc2ccc(C3=CCNCC3)cc2)cs1. The fourth-order valence-corrected chi connectivity index (χ4v) is 2.88. The number of ether oxygens (including phenoxy) is 1. The van der Waals surface area contributed by atoms with Gasteiger partial charge in [-0.3, -0.25) is 0 Å². The highest BCUT2D eigenvalue weighted by Gasteiger charge is 2.06. The second kappa shape index (κ2) is 6.20. The largest absolute Gasteiger partial charge is 0.487 e. The summed E-state index contributed by atoms with van der Waals surface area (Å²) in [7, 11) is 0. The first kappa shape index (κ1) is 13.3. The minimum absolute atomic E-state index is 0.538. The molecule has 0 bridgehead atoms. The number of rotatable bonds is 4. The fraction of sp³-hybridized carbons (Fsp3) is 0.312. The summed E-state index contributed by atoms with van der Waals surface area (Å²) in [5, 5.41) is 6.45. The van der Waals surface area contributed by atoms with Crippen LogP contribution in [0.15, 0.2) is 35.7 Å². The van der Waals surface area contributed by atoms with Crippen LogP contribution in [-0.4, -0.2) is 18.1 Å². The van der Waals surface area contributed by atoms with Crippen molar-refractivity contribution in [3.8, 4) is 5.75 Å². The number of aromatic nitrogens is 1. The summed E-state index contributed by atoms with van der Waals surface area (Å²) in [4.78, 5) is 4.39. The Morgan fingerprint density at radius 3 is 2.80 bits per heavy atom. The number of aryl methyl sites for hydroxylation is 1. The van der Waals surface area contributed by atoms with Crippen LogP contribution in [0.25, 0.3) is 5.57 Å². The van der Waals surface area contributed by atoms with Crippen LogP contribution in [-0.2, 0) is 6.61 Å². The minimum atomic E-state index is 0.538. The molecule has 104 valence electrons. The highest BCUT2D eigenvalue weighted by atomic mass is 32.1. The van der Waals surface area contributed by atoms with Gasteiger partial charge in [0.05, 0.1) is 10.7 Å². The van der Waals surface area contributed by atoms with Gasteiger partial charge in [-0.25, -0.2) is 4.98 Å². The second-order valence-corrected chi connectivity index (χ2v) is 5.92. The molecule has 3 nitrogen and oxygen atoms in total. The molecule has 0 radical (unpaired) electrons. The third-order valence-electron chi connectivity index (χ3n) is 3.34. The number of hydrogen-bond acceptors (Lipinski definition) is 4. The van der Waals surface area contributed by atoms with Gasteiger partial charge in [0, 0.05) is 11.9 Å². The Morgan fingerprint density at radius 1 is 1.30 bits per heavy atom. The number of nitrogens with one attached hydrogen (secondary N) is 1. The normalized spacial score (nSPS) is 14.9. The first-order valence-electron chi connectivity index (χ1n) is 6.85. The second-order valence-electron chi connectivity index (χ2n) is 4.85. The van der Waals surface area contributed by atoms with E-state index in [-0.39, 0.29) is 0 Å². The van der Waals surface area contributed by atoms with Crippen molar-refractivity contribution in [1.82, 2.24) is 10.3 Å². The predicted octanol–water partition coefficient (Wildman–Crippen LogP) is 3.41. The minimum Gasteiger partial charge on any atom is -0.487 e. The Balaban J connectivity index is 1.62. The molecular formula is C16H18N2OS. The van der Waals surface area contributed by atoms with Crippen LogP contribution in [0.4, 0.5) is 0 Å². The molecule has 1 aromatic carbocycles. The Hall–Kier alpha value is -1.65. The Bertz CT molecular complexity index is 601. The van der Waals surface area contributed by atoms with Crippen molar-refractivity contribution in [2.45, 2.75) is 20.0 Å². The van der Waals surface area contributed by atoms with E-state index in [4.69, 9.17) is 4.74 Å². The maximum atomic E-state index is 5.76. The molecule has 0 atom stereocenters. The number of nitrogens with zero attached hydrogens (tertiary/aromatic N) is 1. The molecule has 1 aliphatic heterocycles. The van der Waals surface area contributed by atoms with Crippen LogP contribution in [0.3, 0.4) is 0 Å². The number of benzene rings is 1.